The van der Waals surface area contributed by atoms with Crippen LogP contribution in [0.3, 0.4) is 0 Å². The fourth-order valence-electron chi connectivity index (χ4n) is 9.65. The van der Waals surface area contributed by atoms with E-state index < -0.39 is 26.5 Å². The first-order valence-corrected chi connectivity index (χ1v) is 34.0. The first-order chi connectivity index (χ1) is 36.5. The molecule has 0 aliphatic rings. The van der Waals surface area contributed by atoms with Crippen LogP contribution in [0.15, 0.2) is 24.3 Å². The van der Waals surface area contributed by atoms with Crippen molar-refractivity contribution >= 4 is 19.8 Å². The third-order valence-electron chi connectivity index (χ3n) is 14.7. The predicted molar refractivity (Wildman–Crippen MR) is 319 cm³/mol. The summed E-state index contributed by atoms with van der Waals surface area (Å²) in [5.74, 6) is -0.827. The van der Waals surface area contributed by atoms with Gasteiger partial charge < -0.3 is 27.9 Å². The number of carbonyl (C=O) groups excluding carboxylic acids is 2. The van der Waals surface area contributed by atoms with Crippen molar-refractivity contribution in [3.63, 3.8) is 0 Å². The van der Waals surface area contributed by atoms with E-state index in [9.17, 15) is 19.0 Å². The van der Waals surface area contributed by atoms with E-state index in [2.05, 4.69) is 38.2 Å². The number of allylic oxidation sites excluding steroid dienone is 4. The van der Waals surface area contributed by atoms with Crippen LogP contribution >= 0.6 is 7.82 Å². The molecule has 0 heterocycles. The number of quaternary nitrogens is 1. The normalized spacial score (nSPS) is 13.3. The molecule has 0 N–H and O–H groups in total. The molecule has 2 unspecified atom stereocenters. The fraction of sp³-hybridized carbons (Fsp3) is 0.908. The van der Waals surface area contributed by atoms with E-state index in [-0.39, 0.29) is 32.0 Å². The predicted octanol–water partition coefficient (Wildman–Crippen LogP) is 19.9. The van der Waals surface area contributed by atoms with Crippen LogP contribution in [-0.2, 0) is 32.7 Å². The molecule has 2 atom stereocenters. The van der Waals surface area contributed by atoms with Crippen LogP contribution in [0.5, 0.6) is 0 Å². The van der Waals surface area contributed by atoms with Gasteiger partial charge in [0.15, 0.2) is 6.10 Å². The van der Waals surface area contributed by atoms with Crippen molar-refractivity contribution in [2.75, 3.05) is 47.5 Å². The lowest BCUT2D eigenvalue weighted by Crippen LogP contribution is -2.37. The number of phosphoric ester groups is 1. The summed E-state index contributed by atoms with van der Waals surface area (Å²) in [4.78, 5) is 37.8. The average Bonchev–Trinajstić information content (AvgIpc) is 3.37. The Hall–Kier alpha value is -1.51. The van der Waals surface area contributed by atoms with Crippen molar-refractivity contribution in [1.82, 2.24) is 0 Å². The van der Waals surface area contributed by atoms with Gasteiger partial charge >= 0.3 is 11.9 Å². The molecule has 0 bridgehead atoms. The Morgan fingerprint density at radius 1 is 0.400 bits per heavy atom. The Morgan fingerprint density at radius 3 is 0.987 bits per heavy atom. The first-order valence-electron chi connectivity index (χ1n) is 32.5. The van der Waals surface area contributed by atoms with Gasteiger partial charge in [-0.05, 0) is 64.2 Å². The third-order valence-corrected chi connectivity index (χ3v) is 15.7. The number of rotatable bonds is 61. The second-order valence-electron chi connectivity index (χ2n) is 23.5. The molecule has 0 aromatic rings. The zero-order valence-corrected chi connectivity index (χ0v) is 51.4. The summed E-state index contributed by atoms with van der Waals surface area (Å²) in [5, 5.41) is 0. The van der Waals surface area contributed by atoms with E-state index in [1.54, 1.807) is 0 Å². The number of hydrogen-bond acceptors (Lipinski definition) is 8. The number of carbonyl (C=O) groups is 2. The molecule has 10 heteroatoms. The topological polar surface area (TPSA) is 111 Å². The van der Waals surface area contributed by atoms with Crippen molar-refractivity contribution < 1.29 is 42.1 Å². The minimum atomic E-state index is -4.63. The number of phosphoric acid groups is 1. The third kappa shape index (κ3) is 61.6. The van der Waals surface area contributed by atoms with Crippen LogP contribution < -0.4 is 4.89 Å². The molecule has 0 aromatic carbocycles. The van der Waals surface area contributed by atoms with E-state index in [1.165, 1.54) is 244 Å². The largest absolute Gasteiger partial charge is 0.756 e. The smallest absolute Gasteiger partial charge is 0.306 e. The molecule has 0 saturated heterocycles. The first kappa shape index (κ1) is 73.5. The van der Waals surface area contributed by atoms with Gasteiger partial charge in [-0.15, -0.1) is 0 Å². The van der Waals surface area contributed by atoms with Crippen LogP contribution in [0, 0.1) is 0 Å². The summed E-state index contributed by atoms with van der Waals surface area (Å²) in [6.07, 6.45) is 69.9. The van der Waals surface area contributed by atoms with Gasteiger partial charge in [0.05, 0.1) is 27.7 Å². The highest BCUT2D eigenvalue weighted by Gasteiger charge is 2.22. The van der Waals surface area contributed by atoms with Gasteiger partial charge in [0.25, 0.3) is 7.82 Å². The van der Waals surface area contributed by atoms with Gasteiger partial charge in [-0.2, -0.15) is 0 Å². The lowest BCUT2D eigenvalue weighted by Gasteiger charge is -2.28. The number of hydrogen-bond donors (Lipinski definition) is 0. The minimum absolute atomic E-state index is 0.0291. The molecular weight excluding hydrogens is 954 g/mol. The quantitative estimate of drug-likeness (QED) is 0.0195. The van der Waals surface area contributed by atoms with Crippen LogP contribution in [0.4, 0.5) is 0 Å². The van der Waals surface area contributed by atoms with Crippen molar-refractivity contribution in [2.24, 2.45) is 0 Å². The van der Waals surface area contributed by atoms with E-state index in [1.807, 2.05) is 21.1 Å². The van der Waals surface area contributed by atoms with Crippen LogP contribution in [-0.4, -0.2) is 70.0 Å². The molecule has 0 aromatic heterocycles. The van der Waals surface area contributed by atoms with Gasteiger partial charge in [-0.25, -0.2) is 0 Å². The minimum Gasteiger partial charge on any atom is -0.756 e. The maximum absolute atomic E-state index is 12.8. The molecule has 0 amide bonds. The van der Waals surface area contributed by atoms with Crippen molar-refractivity contribution in [1.29, 1.82) is 0 Å². The molecule has 75 heavy (non-hydrogen) atoms. The molecule has 0 rings (SSSR count). The number of esters is 2. The van der Waals surface area contributed by atoms with Crippen molar-refractivity contribution in [3.05, 3.63) is 24.3 Å². The summed E-state index contributed by atoms with van der Waals surface area (Å²) in [6, 6.07) is 0. The Kier molecular flexibility index (Phi) is 56.0. The molecule has 0 aliphatic heterocycles. The zero-order chi connectivity index (χ0) is 54.9. The van der Waals surface area contributed by atoms with Crippen molar-refractivity contribution in [3.8, 4) is 0 Å². The lowest BCUT2D eigenvalue weighted by molar-refractivity contribution is -0.870. The van der Waals surface area contributed by atoms with Gasteiger partial charge in [-0.3, -0.25) is 14.2 Å². The number of unbranched alkanes of at least 4 members (excludes halogenated alkanes) is 43. The van der Waals surface area contributed by atoms with Crippen LogP contribution in [0.2, 0.25) is 0 Å². The Bertz CT molecular complexity index is 1320. The molecule has 0 radical (unpaired) electrons. The van der Waals surface area contributed by atoms with E-state index >= 15 is 0 Å². The van der Waals surface area contributed by atoms with E-state index in [4.69, 9.17) is 18.5 Å². The summed E-state index contributed by atoms with van der Waals surface area (Å²) in [6.45, 7) is 4.27. The summed E-state index contributed by atoms with van der Waals surface area (Å²) >= 11 is 0. The molecule has 9 nitrogen and oxygen atoms in total. The Balaban J connectivity index is 3.89. The van der Waals surface area contributed by atoms with Gasteiger partial charge in [0.2, 0.25) is 0 Å². The highest BCUT2D eigenvalue weighted by molar-refractivity contribution is 7.45. The SMILES string of the molecule is CCCCCCC/C=C\CCCCCCCC(=O)OCC(COP(=O)([O-])OCC[N+](C)(C)C)OC(=O)CCCCCCCCCCCCCCCCCCCCCCCCCCC/C=C\CCCCCCCCCC. The summed E-state index contributed by atoms with van der Waals surface area (Å²) in [5.41, 5.74) is 0. The number of nitrogens with zero attached hydrogens (tertiary/aromatic N) is 1. The standard InChI is InChI=1S/C65H126NO8P/c1-6-8-10-12-14-16-18-20-22-23-24-25-26-27-28-29-30-31-32-33-34-35-36-37-38-39-40-41-42-43-44-46-48-50-52-54-56-58-65(68)74-63(62-73-75(69,70)72-60-59-66(3,4)5)61-71-64(67)57-55-53-51-49-47-45-21-19-17-15-13-11-9-7-2/h19,21,23-24,63H,6-18,20,22,25-62H2,1-5H3/b21-19-,24-23-. The summed E-state index contributed by atoms with van der Waals surface area (Å²) in [7, 11) is 1.18. The van der Waals surface area contributed by atoms with Crippen molar-refractivity contribution in [2.45, 2.75) is 335 Å². The van der Waals surface area contributed by atoms with E-state index in [0.717, 1.165) is 51.4 Å². The molecule has 0 saturated carbocycles. The second-order valence-corrected chi connectivity index (χ2v) is 24.9. The average molecular weight is 1080 g/mol. The van der Waals surface area contributed by atoms with Gasteiger partial charge in [-0.1, -0.05) is 276 Å². The maximum atomic E-state index is 12.8. The van der Waals surface area contributed by atoms with E-state index in [0.29, 0.717) is 17.4 Å². The number of ether oxygens (including phenoxy) is 2. The van der Waals surface area contributed by atoms with Crippen LogP contribution in [0.1, 0.15) is 328 Å². The highest BCUT2D eigenvalue weighted by atomic mass is 31.2. The maximum Gasteiger partial charge on any atom is 0.306 e. The van der Waals surface area contributed by atoms with Gasteiger partial charge in [0, 0.05) is 12.8 Å². The fourth-order valence-corrected chi connectivity index (χ4v) is 10.4. The molecular formula is C65H126NO8P. The molecule has 444 valence electrons. The Morgan fingerprint density at radius 2 is 0.680 bits per heavy atom. The number of likely N-dealkylation sites (N-methyl/N-ethyl adjacent to an activating group) is 1. The van der Waals surface area contributed by atoms with Crippen LogP contribution in [0.25, 0.3) is 0 Å². The monoisotopic (exact) mass is 1080 g/mol. The lowest BCUT2D eigenvalue weighted by atomic mass is 10.0. The zero-order valence-electron chi connectivity index (χ0n) is 50.5. The summed E-state index contributed by atoms with van der Waals surface area (Å²) < 4.78 is 34.2. The highest BCUT2D eigenvalue weighted by Crippen LogP contribution is 2.38. The Labute approximate surface area is 466 Å². The molecule has 0 spiro atoms. The van der Waals surface area contributed by atoms with Gasteiger partial charge in [0.1, 0.15) is 19.8 Å². The molecule has 0 aliphatic carbocycles. The molecule has 0 fully saturated rings. The second kappa shape index (κ2) is 57.2.